The molecule has 2 aromatic carbocycles. The van der Waals surface area contributed by atoms with Crippen molar-refractivity contribution in [2.75, 3.05) is 20.6 Å². The van der Waals surface area contributed by atoms with E-state index in [0.29, 0.717) is 6.54 Å². The van der Waals surface area contributed by atoms with E-state index in [1.807, 2.05) is 49.3 Å². The minimum Gasteiger partial charge on any atom is -0.350 e. The fourth-order valence-electron chi connectivity index (χ4n) is 2.38. The molecule has 3 nitrogen and oxygen atoms in total. The molecule has 1 amide bonds. The normalized spacial score (nSPS) is 12.9. The Kier molecular flexibility index (Phi) is 5.62. The standard InChI is InChI=1S/C18H19F3N2O/c1-23(2)16(13-6-4-3-5-7-13)12-22-17(24)14-8-10-15(11-9-14)18(19,20)21/h3-11,16H,12H2,1-2H3,(H,22,24)/t16-/m0/s1. The summed E-state index contributed by atoms with van der Waals surface area (Å²) in [5.41, 5.74) is 0.485. The van der Waals surface area contributed by atoms with Crippen LogP contribution in [-0.2, 0) is 6.18 Å². The Bertz CT molecular complexity index is 667. The van der Waals surface area contributed by atoms with Gasteiger partial charge in [0.15, 0.2) is 0 Å². The van der Waals surface area contributed by atoms with E-state index in [4.69, 9.17) is 0 Å². The molecule has 0 fully saturated rings. The molecule has 0 unspecified atom stereocenters. The highest BCUT2D eigenvalue weighted by Gasteiger charge is 2.30. The highest BCUT2D eigenvalue weighted by molar-refractivity contribution is 5.94. The smallest absolute Gasteiger partial charge is 0.350 e. The first kappa shape index (κ1) is 18.0. The van der Waals surface area contributed by atoms with Gasteiger partial charge in [-0.15, -0.1) is 0 Å². The lowest BCUT2D eigenvalue weighted by Crippen LogP contribution is -2.34. The summed E-state index contributed by atoms with van der Waals surface area (Å²) in [4.78, 5) is 14.1. The number of amides is 1. The molecule has 0 radical (unpaired) electrons. The van der Waals surface area contributed by atoms with E-state index in [2.05, 4.69) is 5.32 Å². The van der Waals surface area contributed by atoms with Gasteiger partial charge in [0.25, 0.3) is 5.91 Å². The molecule has 0 heterocycles. The van der Waals surface area contributed by atoms with Gasteiger partial charge in [0.2, 0.25) is 0 Å². The fourth-order valence-corrected chi connectivity index (χ4v) is 2.38. The van der Waals surface area contributed by atoms with Crippen LogP contribution in [0.5, 0.6) is 0 Å². The summed E-state index contributed by atoms with van der Waals surface area (Å²) in [5.74, 6) is -0.397. The zero-order valence-corrected chi connectivity index (χ0v) is 13.5. The van der Waals surface area contributed by atoms with Crippen LogP contribution in [0.4, 0.5) is 13.2 Å². The van der Waals surface area contributed by atoms with Crippen molar-refractivity contribution >= 4 is 5.91 Å². The van der Waals surface area contributed by atoms with E-state index < -0.39 is 17.6 Å². The number of hydrogen-bond acceptors (Lipinski definition) is 2. The number of nitrogens with zero attached hydrogens (tertiary/aromatic N) is 1. The third kappa shape index (κ3) is 4.58. The van der Waals surface area contributed by atoms with Gasteiger partial charge in [-0.2, -0.15) is 13.2 Å². The highest BCUT2D eigenvalue weighted by atomic mass is 19.4. The molecule has 0 bridgehead atoms. The molecule has 0 aliphatic heterocycles. The molecule has 1 atom stereocenters. The monoisotopic (exact) mass is 336 g/mol. The molecule has 1 N–H and O–H groups in total. The SMILES string of the molecule is CN(C)[C@@H](CNC(=O)c1ccc(C(F)(F)F)cc1)c1ccccc1. The number of halogens is 3. The molecule has 2 aromatic rings. The number of carbonyl (C=O) groups excluding carboxylic acids is 1. The third-order valence-electron chi connectivity index (χ3n) is 3.74. The van der Waals surface area contributed by atoms with Crippen LogP contribution in [0.3, 0.4) is 0 Å². The summed E-state index contributed by atoms with van der Waals surface area (Å²) in [6, 6.07) is 13.9. The molecule has 6 heteroatoms. The van der Waals surface area contributed by atoms with Crippen molar-refractivity contribution in [2.45, 2.75) is 12.2 Å². The fraction of sp³-hybridized carbons (Fsp3) is 0.278. The average Bonchev–Trinajstić information content (AvgIpc) is 2.55. The summed E-state index contributed by atoms with van der Waals surface area (Å²) < 4.78 is 37.6. The molecule has 0 saturated heterocycles. The van der Waals surface area contributed by atoms with Gasteiger partial charge in [-0.25, -0.2) is 0 Å². The zero-order chi connectivity index (χ0) is 17.7. The molecule has 128 valence electrons. The van der Waals surface area contributed by atoms with Crippen LogP contribution >= 0.6 is 0 Å². The van der Waals surface area contributed by atoms with Gasteiger partial charge in [-0.3, -0.25) is 4.79 Å². The number of rotatable bonds is 5. The van der Waals surface area contributed by atoms with Crippen LogP contribution in [0.2, 0.25) is 0 Å². The number of nitrogens with one attached hydrogen (secondary N) is 1. The first-order valence-electron chi connectivity index (χ1n) is 7.46. The summed E-state index contributed by atoms with van der Waals surface area (Å²) in [6.07, 6.45) is -4.40. The lowest BCUT2D eigenvalue weighted by Gasteiger charge is -2.25. The maximum absolute atomic E-state index is 12.5. The van der Waals surface area contributed by atoms with Crippen molar-refractivity contribution in [1.82, 2.24) is 10.2 Å². The minimum absolute atomic E-state index is 0.0235. The number of carbonyl (C=O) groups is 1. The van der Waals surface area contributed by atoms with Crippen molar-refractivity contribution in [2.24, 2.45) is 0 Å². The highest BCUT2D eigenvalue weighted by Crippen LogP contribution is 2.29. The summed E-state index contributed by atoms with van der Waals surface area (Å²) >= 11 is 0. The molecule has 0 saturated carbocycles. The Hall–Kier alpha value is -2.34. The van der Waals surface area contributed by atoms with Crippen molar-refractivity contribution in [3.05, 3.63) is 71.3 Å². The summed E-state index contributed by atoms with van der Waals surface area (Å²) in [6.45, 7) is 0.358. The molecule has 0 spiro atoms. The topological polar surface area (TPSA) is 32.3 Å². The van der Waals surface area contributed by atoms with Crippen molar-refractivity contribution in [3.63, 3.8) is 0 Å². The predicted octanol–water partition coefficient (Wildman–Crippen LogP) is 3.74. The molecule has 0 aromatic heterocycles. The van der Waals surface area contributed by atoms with Crippen molar-refractivity contribution in [1.29, 1.82) is 0 Å². The van der Waals surface area contributed by atoms with Gasteiger partial charge in [-0.05, 0) is 43.9 Å². The molecule has 24 heavy (non-hydrogen) atoms. The number of hydrogen-bond donors (Lipinski definition) is 1. The van der Waals surface area contributed by atoms with E-state index >= 15 is 0 Å². The van der Waals surface area contributed by atoms with Crippen LogP contribution in [0.1, 0.15) is 27.5 Å². The molecule has 0 aliphatic carbocycles. The second-order valence-corrected chi connectivity index (χ2v) is 5.68. The molecular formula is C18H19F3N2O. The molecular weight excluding hydrogens is 317 g/mol. The molecule has 0 aliphatic rings. The second kappa shape index (κ2) is 7.49. The Balaban J connectivity index is 2.03. The predicted molar refractivity (Wildman–Crippen MR) is 86.6 cm³/mol. The lowest BCUT2D eigenvalue weighted by molar-refractivity contribution is -0.137. The number of alkyl halides is 3. The van der Waals surface area contributed by atoms with Gasteiger partial charge in [0, 0.05) is 12.1 Å². The minimum atomic E-state index is -4.40. The van der Waals surface area contributed by atoms with Crippen LogP contribution in [0.25, 0.3) is 0 Å². The van der Waals surface area contributed by atoms with Crippen molar-refractivity contribution in [3.8, 4) is 0 Å². The molecule has 2 rings (SSSR count). The van der Waals surface area contributed by atoms with Gasteiger partial charge in [-0.1, -0.05) is 30.3 Å². The Labute approximate surface area is 139 Å². The average molecular weight is 336 g/mol. The largest absolute Gasteiger partial charge is 0.416 e. The van der Waals surface area contributed by atoms with Gasteiger partial charge in [0.1, 0.15) is 0 Å². The van der Waals surface area contributed by atoms with Crippen LogP contribution < -0.4 is 5.32 Å². The van der Waals surface area contributed by atoms with E-state index in [9.17, 15) is 18.0 Å². The first-order valence-corrected chi connectivity index (χ1v) is 7.46. The van der Waals surface area contributed by atoms with Crippen molar-refractivity contribution < 1.29 is 18.0 Å². The van der Waals surface area contributed by atoms with E-state index in [-0.39, 0.29) is 11.6 Å². The number of benzene rings is 2. The Morgan fingerprint density at radius 1 is 1.04 bits per heavy atom. The Morgan fingerprint density at radius 2 is 1.62 bits per heavy atom. The maximum Gasteiger partial charge on any atom is 0.416 e. The van der Waals surface area contributed by atoms with E-state index in [1.165, 1.54) is 12.1 Å². The Morgan fingerprint density at radius 3 is 2.12 bits per heavy atom. The summed E-state index contributed by atoms with van der Waals surface area (Å²) in [5, 5.41) is 2.78. The van der Waals surface area contributed by atoms with Crippen LogP contribution in [0.15, 0.2) is 54.6 Å². The van der Waals surface area contributed by atoms with Gasteiger partial charge < -0.3 is 10.2 Å². The quantitative estimate of drug-likeness (QED) is 0.902. The lowest BCUT2D eigenvalue weighted by atomic mass is 10.1. The maximum atomic E-state index is 12.5. The van der Waals surface area contributed by atoms with Gasteiger partial charge in [0.05, 0.1) is 11.6 Å². The zero-order valence-electron chi connectivity index (χ0n) is 13.5. The van der Waals surface area contributed by atoms with E-state index in [0.717, 1.165) is 17.7 Å². The number of likely N-dealkylation sites (N-methyl/N-ethyl adjacent to an activating group) is 1. The van der Waals surface area contributed by atoms with Crippen LogP contribution in [0, 0.1) is 0 Å². The van der Waals surface area contributed by atoms with E-state index in [1.54, 1.807) is 0 Å². The van der Waals surface area contributed by atoms with Gasteiger partial charge >= 0.3 is 6.18 Å². The second-order valence-electron chi connectivity index (χ2n) is 5.68. The summed E-state index contributed by atoms with van der Waals surface area (Å²) in [7, 11) is 3.81. The van der Waals surface area contributed by atoms with Crippen LogP contribution in [-0.4, -0.2) is 31.4 Å². The first-order chi connectivity index (χ1) is 11.3. The third-order valence-corrected chi connectivity index (χ3v) is 3.74.